The van der Waals surface area contributed by atoms with Crippen LogP contribution < -0.4 is 9.47 Å². The van der Waals surface area contributed by atoms with Crippen LogP contribution in [0, 0.1) is 13.8 Å². The Morgan fingerprint density at radius 3 is 2.57 bits per heavy atom. The maximum Gasteiger partial charge on any atom is 0.340 e. The molecule has 1 aliphatic rings. The molecule has 0 saturated carbocycles. The summed E-state index contributed by atoms with van der Waals surface area (Å²) < 4.78 is 19.1. The summed E-state index contributed by atoms with van der Waals surface area (Å²) >= 11 is 3.48. The van der Waals surface area contributed by atoms with Crippen molar-refractivity contribution in [3.8, 4) is 17.3 Å². The van der Waals surface area contributed by atoms with Crippen molar-refractivity contribution in [1.82, 2.24) is 14.8 Å². The topological polar surface area (TPSA) is 75.5 Å². The summed E-state index contributed by atoms with van der Waals surface area (Å²) in [7, 11) is 0. The zero-order chi connectivity index (χ0) is 19.7. The van der Waals surface area contributed by atoms with Crippen molar-refractivity contribution in [2.75, 3.05) is 13.2 Å². The predicted octanol–water partition coefficient (Wildman–Crippen LogP) is 3.77. The number of esters is 1. The molecule has 0 bridgehead atoms. The number of fused-ring (bicyclic) bond motifs is 1. The molecule has 1 aliphatic heterocycles. The molecule has 3 heterocycles. The number of pyridine rings is 1. The molecular weight excluding hydrogens is 426 g/mol. The van der Waals surface area contributed by atoms with Gasteiger partial charge in [-0.25, -0.2) is 14.5 Å². The second-order valence-electron chi connectivity index (χ2n) is 6.41. The fourth-order valence-electron chi connectivity index (χ4n) is 2.94. The molecule has 7 nitrogen and oxygen atoms in total. The van der Waals surface area contributed by atoms with E-state index < -0.39 is 5.97 Å². The summed E-state index contributed by atoms with van der Waals surface area (Å²) in [4.78, 5) is 16.7. The Kier molecular flexibility index (Phi) is 5.04. The molecule has 0 atom stereocenters. The number of rotatable bonds is 4. The molecule has 0 unspecified atom stereocenters. The smallest absolute Gasteiger partial charge is 0.340 e. The van der Waals surface area contributed by atoms with E-state index in [-0.39, 0.29) is 6.61 Å². The first kappa shape index (κ1) is 18.5. The van der Waals surface area contributed by atoms with E-state index in [0.29, 0.717) is 36.1 Å². The lowest BCUT2D eigenvalue weighted by Crippen LogP contribution is -2.16. The number of hydrogen-bond donors (Lipinski definition) is 0. The Morgan fingerprint density at radius 1 is 1.18 bits per heavy atom. The highest BCUT2D eigenvalue weighted by molar-refractivity contribution is 9.10. The minimum Gasteiger partial charge on any atom is -0.486 e. The first-order valence-corrected chi connectivity index (χ1v) is 9.55. The molecule has 4 rings (SSSR count). The van der Waals surface area contributed by atoms with Crippen molar-refractivity contribution in [3.05, 3.63) is 63.5 Å². The number of benzene rings is 1. The Bertz CT molecular complexity index is 1030. The van der Waals surface area contributed by atoms with Gasteiger partial charge in [-0.2, -0.15) is 5.10 Å². The summed E-state index contributed by atoms with van der Waals surface area (Å²) in [5, 5.41) is 4.39. The zero-order valence-electron chi connectivity index (χ0n) is 15.4. The number of carbonyl (C=O) groups is 1. The van der Waals surface area contributed by atoms with Crippen LogP contribution in [0.25, 0.3) is 5.82 Å². The maximum absolute atomic E-state index is 12.4. The number of aromatic nitrogens is 3. The van der Waals surface area contributed by atoms with Gasteiger partial charge in [0.1, 0.15) is 19.8 Å². The second kappa shape index (κ2) is 7.63. The fraction of sp³-hybridized carbons (Fsp3) is 0.250. The zero-order valence-corrected chi connectivity index (χ0v) is 17.0. The Hall–Kier alpha value is -2.87. The van der Waals surface area contributed by atoms with Crippen LogP contribution in [0.15, 0.2) is 41.0 Å². The van der Waals surface area contributed by atoms with Crippen molar-refractivity contribution in [2.24, 2.45) is 0 Å². The summed E-state index contributed by atoms with van der Waals surface area (Å²) in [5.41, 5.74) is 3.06. The molecule has 0 spiro atoms. The van der Waals surface area contributed by atoms with E-state index in [1.165, 1.54) is 6.20 Å². The van der Waals surface area contributed by atoms with Gasteiger partial charge < -0.3 is 14.2 Å². The van der Waals surface area contributed by atoms with Crippen LogP contribution >= 0.6 is 15.9 Å². The summed E-state index contributed by atoms with van der Waals surface area (Å²) in [6.07, 6.45) is 1.49. The van der Waals surface area contributed by atoms with Gasteiger partial charge in [-0.15, -0.1) is 0 Å². The van der Waals surface area contributed by atoms with E-state index in [4.69, 9.17) is 14.2 Å². The molecule has 8 heteroatoms. The van der Waals surface area contributed by atoms with Gasteiger partial charge in [0, 0.05) is 21.9 Å². The van der Waals surface area contributed by atoms with Gasteiger partial charge >= 0.3 is 5.97 Å². The number of halogens is 1. The van der Waals surface area contributed by atoms with Crippen molar-refractivity contribution >= 4 is 21.9 Å². The van der Waals surface area contributed by atoms with E-state index in [0.717, 1.165) is 21.4 Å². The highest BCUT2D eigenvalue weighted by Crippen LogP contribution is 2.35. The molecule has 0 fully saturated rings. The molecule has 0 N–H and O–H groups in total. The van der Waals surface area contributed by atoms with Gasteiger partial charge in [0.25, 0.3) is 0 Å². The molecule has 144 valence electrons. The lowest BCUT2D eigenvalue weighted by molar-refractivity contribution is 0.0470. The van der Waals surface area contributed by atoms with Crippen LogP contribution in [0.1, 0.15) is 27.3 Å². The molecule has 0 radical (unpaired) electrons. The van der Waals surface area contributed by atoms with E-state index >= 15 is 0 Å². The molecule has 2 aromatic heterocycles. The largest absolute Gasteiger partial charge is 0.486 e. The number of carbonyl (C=O) groups excluding carboxylic acids is 1. The normalized spacial score (nSPS) is 12.7. The number of ether oxygens (including phenoxy) is 3. The molecule has 28 heavy (non-hydrogen) atoms. The Morgan fingerprint density at radius 2 is 1.93 bits per heavy atom. The van der Waals surface area contributed by atoms with E-state index in [1.807, 2.05) is 32.0 Å². The van der Waals surface area contributed by atoms with Gasteiger partial charge in [-0.1, -0.05) is 15.9 Å². The fourth-order valence-corrected chi connectivity index (χ4v) is 3.37. The van der Waals surface area contributed by atoms with Crippen molar-refractivity contribution in [3.63, 3.8) is 0 Å². The highest BCUT2D eigenvalue weighted by atomic mass is 79.9. The molecule has 0 saturated heterocycles. The predicted molar refractivity (Wildman–Crippen MR) is 105 cm³/mol. The first-order valence-electron chi connectivity index (χ1n) is 8.76. The standard InChI is InChI=1S/C20H18BrN3O4/c1-12-7-13(2)24(23-12)19-4-3-14(10-22-19)20(25)28-11-15-8-17-18(9-16(15)21)27-6-5-26-17/h3-4,7-10H,5-6,11H2,1-2H3. The average Bonchev–Trinajstić information content (AvgIpc) is 3.04. The Labute approximate surface area is 170 Å². The number of hydrogen-bond acceptors (Lipinski definition) is 6. The number of aryl methyl sites for hydroxylation is 2. The molecule has 3 aromatic rings. The Balaban J connectivity index is 1.45. The first-order chi connectivity index (χ1) is 13.5. The van der Waals surface area contributed by atoms with Gasteiger partial charge in [-0.3, -0.25) is 0 Å². The van der Waals surface area contributed by atoms with E-state index in [1.54, 1.807) is 16.8 Å². The van der Waals surface area contributed by atoms with Crippen LogP contribution in [0.4, 0.5) is 0 Å². The monoisotopic (exact) mass is 443 g/mol. The summed E-state index contributed by atoms with van der Waals surface area (Å²) in [6, 6.07) is 9.03. The van der Waals surface area contributed by atoms with Crippen LogP contribution in [-0.2, 0) is 11.3 Å². The molecule has 0 amide bonds. The van der Waals surface area contributed by atoms with Crippen LogP contribution in [0.2, 0.25) is 0 Å². The summed E-state index contributed by atoms with van der Waals surface area (Å²) in [6.45, 7) is 5.01. The highest BCUT2D eigenvalue weighted by Gasteiger charge is 2.16. The third-order valence-electron chi connectivity index (χ3n) is 4.28. The van der Waals surface area contributed by atoms with Gasteiger partial charge in [0.2, 0.25) is 0 Å². The molecule has 1 aromatic carbocycles. The van der Waals surface area contributed by atoms with Gasteiger partial charge in [0.05, 0.1) is 11.3 Å². The van der Waals surface area contributed by atoms with Crippen molar-refractivity contribution in [2.45, 2.75) is 20.5 Å². The SMILES string of the molecule is Cc1cc(C)n(-c2ccc(C(=O)OCc3cc4c(cc3Br)OCCO4)cn2)n1. The third kappa shape index (κ3) is 3.73. The van der Waals surface area contributed by atoms with Gasteiger partial charge in [-0.05, 0) is 44.2 Å². The van der Waals surface area contributed by atoms with Crippen LogP contribution in [-0.4, -0.2) is 33.9 Å². The van der Waals surface area contributed by atoms with E-state index in [9.17, 15) is 4.79 Å². The van der Waals surface area contributed by atoms with Crippen LogP contribution in [0.5, 0.6) is 11.5 Å². The van der Waals surface area contributed by atoms with Crippen molar-refractivity contribution < 1.29 is 19.0 Å². The lowest BCUT2D eigenvalue weighted by Gasteiger charge is -2.19. The van der Waals surface area contributed by atoms with Crippen molar-refractivity contribution in [1.29, 1.82) is 0 Å². The lowest BCUT2D eigenvalue weighted by atomic mass is 10.2. The van der Waals surface area contributed by atoms with E-state index in [2.05, 4.69) is 26.0 Å². The minimum atomic E-state index is -0.450. The van der Waals surface area contributed by atoms with Gasteiger partial charge in [0.15, 0.2) is 17.3 Å². The average molecular weight is 444 g/mol. The maximum atomic E-state index is 12.4. The summed E-state index contributed by atoms with van der Waals surface area (Å²) in [5.74, 6) is 1.53. The molecule has 0 aliphatic carbocycles. The molecular formula is C20H18BrN3O4. The second-order valence-corrected chi connectivity index (χ2v) is 7.26. The third-order valence-corrected chi connectivity index (χ3v) is 5.02. The quantitative estimate of drug-likeness (QED) is 0.571. The number of nitrogens with zero attached hydrogens (tertiary/aromatic N) is 3. The van der Waals surface area contributed by atoms with Crippen LogP contribution in [0.3, 0.4) is 0 Å². The minimum absolute atomic E-state index is 0.106.